The highest BCUT2D eigenvalue weighted by molar-refractivity contribution is 5.86. The predicted molar refractivity (Wildman–Crippen MR) is 165 cm³/mol. The molecule has 7 heteroatoms. The molecule has 2 aliphatic heterocycles. The minimum atomic E-state index is -0.212. The van der Waals surface area contributed by atoms with Crippen LogP contribution in [0, 0.1) is 23.7 Å². The van der Waals surface area contributed by atoms with Gasteiger partial charge in [-0.1, -0.05) is 50.5 Å². The van der Waals surface area contributed by atoms with Gasteiger partial charge in [-0.2, -0.15) is 0 Å². The van der Waals surface area contributed by atoms with Crippen molar-refractivity contribution in [2.45, 2.75) is 134 Å². The molecule has 238 valence electrons. The van der Waals surface area contributed by atoms with Crippen LogP contribution in [0.1, 0.15) is 110 Å². The third-order valence-electron chi connectivity index (χ3n) is 9.71. The fraction of sp³-hybridized carbons (Fsp3) is 0.829. The van der Waals surface area contributed by atoms with Crippen LogP contribution in [0.15, 0.2) is 24.3 Å². The van der Waals surface area contributed by atoms with Gasteiger partial charge in [0.15, 0.2) is 12.6 Å². The number of ketones is 1. The molecule has 0 aromatic rings. The largest absolute Gasteiger partial charge is 0.353 e. The number of amides is 1. The first-order chi connectivity index (χ1) is 20.4. The molecular formula is C35H57NO6. The second-order valence-electron chi connectivity index (χ2n) is 13.2. The number of allylic oxidation sites excluding steroid dienone is 3. The molecule has 7 nitrogen and oxygen atoms in total. The maximum absolute atomic E-state index is 13.5. The molecule has 2 saturated carbocycles. The highest BCUT2D eigenvalue weighted by Gasteiger charge is 2.43. The Morgan fingerprint density at radius 3 is 2.48 bits per heavy atom. The Bertz CT molecular complexity index is 875. The van der Waals surface area contributed by atoms with Gasteiger partial charge in [0, 0.05) is 52.0 Å². The molecule has 42 heavy (non-hydrogen) atoms. The lowest BCUT2D eigenvalue weighted by molar-refractivity contribution is -0.195. The number of nitrogens with zero attached hydrogens (tertiary/aromatic N) is 1. The van der Waals surface area contributed by atoms with E-state index in [9.17, 15) is 9.59 Å². The standard InChI is InChI=1S/C35H57NO6/c1-4-13-26-18-19-27(24-26)31(41-34-16-9-11-22-39-34)21-20-28-29(14-7-5-6-8-15-33(38)36(2)3)32(25-30(28)37)42-35-17-10-12-23-40-35/h5,7,20-21,26-29,31-32,34-35H,4,6,8-19,22-25H2,1-3H3/b7-5-,21-20+/t26?,27?,28-,29-,31-,32+,34?,35?/m1/s1. The monoisotopic (exact) mass is 587 g/mol. The number of ether oxygens (including phenoxy) is 4. The van der Waals surface area contributed by atoms with Gasteiger partial charge in [-0.25, -0.2) is 0 Å². The van der Waals surface area contributed by atoms with Crippen LogP contribution in [-0.4, -0.2) is 68.7 Å². The third-order valence-corrected chi connectivity index (χ3v) is 9.71. The van der Waals surface area contributed by atoms with Crippen LogP contribution in [0.3, 0.4) is 0 Å². The number of rotatable bonds is 15. The second kappa shape index (κ2) is 17.7. The average Bonchev–Trinajstić information content (AvgIpc) is 3.57. The summed E-state index contributed by atoms with van der Waals surface area (Å²) < 4.78 is 25.0. The summed E-state index contributed by atoms with van der Waals surface area (Å²) in [6.45, 7) is 3.77. The van der Waals surface area contributed by atoms with Gasteiger partial charge in [-0.15, -0.1) is 0 Å². The molecule has 4 unspecified atom stereocenters. The van der Waals surface area contributed by atoms with E-state index in [1.807, 2.05) is 0 Å². The van der Waals surface area contributed by atoms with Gasteiger partial charge in [0.1, 0.15) is 5.78 Å². The van der Waals surface area contributed by atoms with Gasteiger partial charge in [-0.05, 0) is 82.5 Å². The number of Topliss-reactive ketones (excluding diaryl/α,β-unsaturated/α-hetero) is 1. The number of carbonyl (C=O) groups is 2. The van der Waals surface area contributed by atoms with E-state index in [2.05, 4.69) is 31.2 Å². The van der Waals surface area contributed by atoms with Crippen molar-refractivity contribution in [1.82, 2.24) is 4.90 Å². The van der Waals surface area contributed by atoms with E-state index < -0.39 is 0 Å². The Hall–Kier alpha value is -1.54. The van der Waals surface area contributed by atoms with Gasteiger partial charge in [0.2, 0.25) is 5.91 Å². The Balaban J connectivity index is 1.43. The van der Waals surface area contributed by atoms with E-state index in [0.717, 1.165) is 76.9 Å². The Morgan fingerprint density at radius 2 is 1.79 bits per heavy atom. The quantitative estimate of drug-likeness (QED) is 0.152. The molecule has 4 fully saturated rings. The molecule has 0 spiro atoms. The van der Waals surface area contributed by atoms with E-state index in [4.69, 9.17) is 18.9 Å². The van der Waals surface area contributed by atoms with Crippen LogP contribution in [0.2, 0.25) is 0 Å². The zero-order valence-corrected chi connectivity index (χ0v) is 26.6. The summed E-state index contributed by atoms with van der Waals surface area (Å²) in [7, 11) is 3.60. The van der Waals surface area contributed by atoms with Crippen molar-refractivity contribution in [2.24, 2.45) is 23.7 Å². The van der Waals surface area contributed by atoms with Crippen molar-refractivity contribution in [2.75, 3.05) is 27.3 Å². The minimum Gasteiger partial charge on any atom is -0.353 e. The summed E-state index contributed by atoms with van der Waals surface area (Å²) in [5, 5.41) is 0. The fourth-order valence-corrected chi connectivity index (χ4v) is 7.25. The van der Waals surface area contributed by atoms with E-state index in [1.54, 1.807) is 19.0 Å². The number of hydrogen-bond donors (Lipinski definition) is 0. The lowest BCUT2D eigenvalue weighted by Crippen LogP contribution is -2.32. The minimum absolute atomic E-state index is 0.0187. The van der Waals surface area contributed by atoms with Crippen LogP contribution < -0.4 is 0 Å². The van der Waals surface area contributed by atoms with Crippen LogP contribution in [-0.2, 0) is 28.5 Å². The Labute approximate surface area is 254 Å². The first-order valence-electron chi connectivity index (χ1n) is 17.0. The first-order valence-corrected chi connectivity index (χ1v) is 17.0. The van der Waals surface area contributed by atoms with Crippen molar-refractivity contribution < 1.29 is 28.5 Å². The Morgan fingerprint density at radius 1 is 1.02 bits per heavy atom. The highest BCUT2D eigenvalue weighted by atomic mass is 16.7. The van der Waals surface area contributed by atoms with Gasteiger partial charge < -0.3 is 23.8 Å². The SMILES string of the molecule is CCCC1CCC([C@@H](/C=C/[C@H]2C(=O)C[C@H](OC3CCCCO3)[C@@H]2C/C=C\CCCC(=O)N(C)C)OC2CCCCO2)C1. The zero-order valence-electron chi connectivity index (χ0n) is 26.6. The molecule has 0 aromatic heterocycles. The smallest absolute Gasteiger partial charge is 0.222 e. The van der Waals surface area contributed by atoms with Gasteiger partial charge in [-0.3, -0.25) is 9.59 Å². The number of hydrogen-bond acceptors (Lipinski definition) is 6. The van der Waals surface area contributed by atoms with E-state index in [1.165, 1.54) is 32.1 Å². The van der Waals surface area contributed by atoms with Crippen LogP contribution in [0.5, 0.6) is 0 Å². The molecule has 8 atom stereocenters. The topological polar surface area (TPSA) is 74.3 Å². The molecule has 0 bridgehead atoms. The summed E-state index contributed by atoms with van der Waals surface area (Å²) in [6, 6.07) is 0. The van der Waals surface area contributed by atoms with E-state index in [-0.39, 0.29) is 48.3 Å². The van der Waals surface area contributed by atoms with Crippen molar-refractivity contribution in [3.05, 3.63) is 24.3 Å². The van der Waals surface area contributed by atoms with Crippen LogP contribution in [0.25, 0.3) is 0 Å². The number of carbonyl (C=O) groups excluding carboxylic acids is 2. The van der Waals surface area contributed by atoms with Crippen molar-refractivity contribution in [1.29, 1.82) is 0 Å². The molecule has 0 N–H and O–H groups in total. The normalized spacial score (nSPS) is 33.1. The zero-order chi connectivity index (χ0) is 29.7. The summed E-state index contributed by atoms with van der Waals surface area (Å²) in [4.78, 5) is 27.0. The maximum atomic E-state index is 13.5. The van der Waals surface area contributed by atoms with Gasteiger partial charge in [0.05, 0.1) is 12.2 Å². The molecule has 0 aromatic carbocycles. The van der Waals surface area contributed by atoms with Gasteiger partial charge in [0.25, 0.3) is 0 Å². The second-order valence-corrected chi connectivity index (χ2v) is 13.2. The fourth-order valence-electron chi connectivity index (χ4n) is 7.25. The van der Waals surface area contributed by atoms with Crippen molar-refractivity contribution >= 4 is 11.7 Å². The average molecular weight is 588 g/mol. The molecule has 1 amide bonds. The van der Waals surface area contributed by atoms with Crippen LogP contribution in [0.4, 0.5) is 0 Å². The summed E-state index contributed by atoms with van der Waals surface area (Å²) in [5.41, 5.74) is 0. The van der Waals surface area contributed by atoms with E-state index in [0.29, 0.717) is 18.8 Å². The lowest BCUT2D eigenvalue weighted by Gasteiger charge is -2.30. The Kier molecular flexibility index (Phi) is 14.0. The van der Waals surface area contributed by atoms with Gasteiger partial charge >= 0.3 is 0 Å². The highest BCUT2D eigenvalue weighted by Crippen LogP contribution is 2.40. The maximum Gasteiger partial charge on any atom is 0.222 e. The molecule has 2 heterocycles. The molecular weight excluding hydrogens is 530 g/mol. The van der Waals surface area contributed by atoms with Crippen molar-refractivity contribution in [3.8, 4) is 0 Å². The molecule has 4 aliphatic rings. The third kappa shape index (κ3) is 10.3. The molecule has 2 saturated heterocycles. The van der Waals surface area contributed by atoms with Crippen molar-refractivity contribution in [3.63, 3.8) is 0 Å². The van der Waals surface area contributed by atoms with Crippen LogP contribution >= 0.6 is 0 Å². The number of unbranched alkanes of at least 4 members (excludes halogenated alkanes) is 1. The van der Waals surface area contributed by atoms with E-state index >= 15 is 0 Å². The molecule has 4 rings (SSSR count). The first kappa shape index (κ1) is 33.4. The summed E-state index contributed by atoms with van der Waals surface area (Å²) in [6.07, 6.45) is 24.1. The summed E-state index contributed by atoms with van der Waals surface area (Å²) >= 11 is 0. The predicted octanol–water partition coefficient (Wildman–Crippen LogP) is 6.99. The summed E-state index contributed by atoms with van der Waals surface area (Å²) in [5.74, 6) is 1.55. The molecule has 0 radical (unpaired) electrons. The molecule has 2 aliphatic carbocycles. The lowest BCUT2D eigenvalue weighted by atomic mass is 9.88.